The van der Waals surface area contributed by atoms with Crippen LogP contribution in [0.3, 0.4) is 0 Å². The van der Waals surface area contributed by atoms with Crippen molar-refractivity contribution in [1.29, 1.82) is 0 Å². The van der Waals surface area contributed by atoms with E-state index in [1.165, 1.54) is 0 Å². The Hall–Kier alpha value is -0.632. The van der Waals surface area contributed by atoms with Gasteiger partial charge in [-0.2, -0.15) is 0 Å². The zero-order valence-electron chi connectivity index (χ0n) is 12.2. The molecule has 0 unspecified atom stereocenters. The summed E-state index contributed by atoms with van der Waals surface area (Å²) >= 11 is 0. The molecule has 0 aromatic rings. The first-order valence-electron chi connectivity index (χ1n) is 6.47. The molecule has 0 aromatic heterocycles. The number of hydrogen-bond acceptors (Lipinski definition) is 4. The maximum atomic E-state index is 10.6. The molecule has 0 heterocycles. The fourth-order valence-corrected chi connectivity index (χ4v) is 0.940. The van der Waals surface area contributed by atoms with Crippen LogP contribution < -0.4 is 0 Å². The zero-order chi connectivity index (χ0) is 14.6. The minimum Gasteiger partial charge on any atom is -0.299 e. The third-order valence-corrected chi connectivity index (χ3v) is 2.37. The van der Waals surface area contributed by atoms with E-state index >= 15 is 0 Å². The van der Waals surface area contributed by atoms with Gasteiger partial charge in [0.15, 0.2) is 0 Å². The Bertz CT molecular complexity index is 240. The van der Waals surface area contributed by atoms with Crippen molar-refractivity contribution in [2.75, 3.05) is 0 Å². The molecule has 0 rings (SSSR count). The first-order chi connectivity index (χ1) is 8.40. The van der Waals surface area contributed by atoms with Crippen LogP contribution in [0.4, 0.5) is 0 Å². The van der Waals surface area contributed by atoms with Crippen LogP contribution in [0.2, 0.25) is 0 Å². The average Bonchev–Trinajstić information content (AvgIpc) is 2.38. The molecule has 0 atom stereocenters. The molecular formula is C14H24O4Pt. The molecule has 5 heteroatoms. The number of carbonyl (C=O) groups excluding carboxylic acids is 4. The van der Waals surface area contributed by atoms with Crippen molar-refractivity contribution in [1.82, 2.24) is 0 Å². The molecule has 0 bridgehead atoms. The number of rotatable bonds is 8. The SMILES string of the molecule is CCC(=O)CC(=O)CC.CCC(=O)CC(=O)CC.[Pt]. The smallest absolute Gasteiger partial charge is 0.139 e. The van der Waals surface area contributed by atoms with Crippen LogP contribution in [0.25, 0.3) is 0 Å². The van der Waals surface area contributed by atoms with Gasteiger partial charge in [-0.25, -0.2) is 0 Å². The number of hydrogen-bond donors (Lipinski definition) is 0. The maximum absolute atomic E-state index is 10.6. The van der Waals surface area contributed by atoms with Crippen LogP contribution in [0.1, 0.15) is 66.2 Å². The maximum Gasteiger partial charge on any atom is 0.139 e. The molecule has 0 spiro atoms. The van der Waals surface area contributed by atoms with Crippen LogP contribution in [0, 0.1) is 0 Å². The van der Waals surface area contributed by atoms with Gasteiger partial charge in [0.2, 0.25) is 0 Å². The Kier molecular flexibility index (Phi) is 19.0. The Morgan fingerprint density at radius 3 is 0.789 bits per heavy atom. The summed E-state index contributed by atoms with van der Waals surface area (Å²) < 4.78 is 0. The predicted octanol–water partition coefficient (Wildman–Crippen LogP) is 2.67. The van der Waals surface area contributed by atoms with E-state index in [-0.39, 0.29) is 57.0 Å². The molecular weight excluding hydrogens is 427 g/mol. The molecule has 0 saturated heterocycles. The molecule has 0 amide bonds. The van der Waals surface area contributed by atoms with E-state index in [2.05, 4.69) is 0 Å². The quantitative estimate of drug-likeness (QED) is 0.533. The molecule has 0 aromatic carbocycles. The van der Waals surface area contributed by atoms with Gasteiger partial charge >= 0.3 is 0 Å². The van der Waals surface area contributed by atoms with Crippen LogP contribution >= 0.6 is 0 Å². The predicted molar refractivity (Wildman–Crippen MR) is 70.4 cm³/mol. The van der Waals surface area contributed by atoms with E-state index in [0.29, 0.717) is 25.7 Å². The van der Waals surface area contributed by atoms with Gasteiger partial charge in [0, 0.05) is 46.7 Å². The topological polar surface area (TPSA) is 68.3 Å². The fraction of sp³-hybridized carbons (Fsp3) is 0.714. The monoisotopic (exact) mass is 451 g/mol. The second kappa shape index (κ2) is 15.4. The summed E-state index contributed by atoms with van der Waals surface area (Å²) in [4.78, 5) is 42.2. The second-order valence-corrected chi connectivity index (χ2v) is 3.92. The Labute approximate surface area is 130 Å². The summed E-state index contributed by atoms with van der Waals surface area (Å²) in [5.41, 5.74) is 0. The summed E-state index contributed by atoms with van der Waals surface area (Å²) in [6, 6.07) is 0. The van der Waals surface area contributed by atoms with Gasteiger partial charge in [0.25, 0.3) is 0 Å². The van der Waals surface area contributed by atoms with Crippen molar-refractivity contribution in [2.24, 2.45) is 0 Å². The molecule has 0 fully saturated rings. The molecule has 0 aliphatic heterocycles. The van der Waals surface area contributed by atoms with Crippen molar-refractivity contribution in [3.05, 3.63) is 0 Å². The van der Waals surface area contributed by atoms with Gasteiger partial charge in [0.1, 0.15) is 23.1 Å². The third kappa shape index (κ3) is 17.4. The minimum atomic E-state index is 0. The van der Waals surface area contributed by atoms with E-state index in [1.807, 2.05) is 0 Å². The van der Waals surface area contributed by atoms with Gasteiger partial charge in [-0.05, 0) is 0 Å². The van der Waals surface area contributed by atoms with Crippen LogP contribution in [0.15, 0.2) is 0 Å². The van der Waals surface area contributed by atoms with Crippen molar-refractivity contribution >= 4 is 23.1 Å². The second-order valence-electron chi connectivity index (χ2n) is 3.92. The number of Topliss-reactive ketones (excluding diaryl/α,β-unsaturated/α-hetero) is 4. The number of carbonyl (C=O) groups is 4. The molecule has 4 nitrogen and oxygen atoms in total. The standard InChI is InChI=1S/2C7H12O2.Pt/c2*1-3-6(8)5-7(9)4-2;/h2*3-5H2,1-2H3;. The summed E-state index contributed by atoms with van der Waals surface area (Å²) in [5.74, 6) is 0.174. The summed E-state index contributed by atoms with van der Waals surface area (Å²) in [6.07, 6.45) is 2.18. The summed E-state index contributed by atoms with van der Waals surface area (Å²) in [5, 5.41) is 0. The normalized spacial score (nSPS) is 8.63. The first kappa shape index (κ1) is 23.5. The Morgan fingerprint density at radius 1 is 0.526 bits per heavy atom. The van der Waals surface area contributed by atoms with E-state index in [0.717, 1.165) is 0 Å². The van der Waals surface area contributed by atoms with E-state index in [9.17, 15) is 19.2 Å². The Balaban J connectivity index is -0.000000256. The fourth-order valence-electron chi connectivity index (χ4n) is 0.940. The van der Waals surface area contributed by atoms with Crippen molar-refractivity contribution in [2.45, 2.75) is 66.2 Å². The molecule has 0 aliphatic rings. The van der Waals surface area contributed by atoms with Crippen molar-refractivity contribution < 1.29 is 40.2 Å². The van der Waals surface area contributed by atoms with Crippen LogP contribution in [-0.2, 0) is 40.2 Å². The Morgan fingerprint density at radius 2 is 0.684 bits per heavy atom. The van der Waals surface area contributed by atoms with Crippen molar-refractivity contribution in [3.8, 4) is 0 Å². The molecule has 0 saturated carbocycles. The largest absolute Gasteiger partial charge is 0.299 e. The van der Waals surface area contributed by atoms with Crippen molar-refractivity contribution in [3.63, 3.8) is 0 Å². The molecule has 0 N–H and O–H groups in total. The van der Waals surface area contributed by atoms with Gasteiger partial charge in [-0.3, -0.25) is 19.2 Å². The average molecular weight is 451 g/mol. The van der Waals surface area contributed by atoms with Gasteiger partial charge in [0.05, 0.1) is 12.8 Å². The first-order valence-corrected chi connectivity index (χ1v) is 6.47. The minimum absolute atomic E-state index is 0. The van der Waals surface area contributed by atoms with Gasteiger partial charge < -0.3 is 0 Å². The molecule has 0 aliphatic carbocycles. The summed E-state index contributed by atoms with van der Waals surface area (Å²) in [6.45, 7) is 7.08. The van der Waals surface area contributed by atoms with Gasteiger partial charge in [-0.1, -0.05) is 27.7 Å². The molecule has 114 valence electrons. The zero-order valence-corrected chi connectivity index (χ0v) is 14.5. The summed E-state index contributed by atoms with van der Waals surface area (Å²) in [7, 11) is 0. The molecule has 19 heavy (non-hydrogen) atoms. The van der Waals surface area contributed by atoms with Crippen LogP contribution in [0.5, 0.6) is 0 Å². The van der Waals surface area contributed by atoms with E-state index < -0.39 is 0 Å². The van der Waals surface area contributed by atoms with Crippen LogP contribution in [-0.4, -0.2) is 23.1 Å². The third-order valence-electron chi connectivity index (χ3n) is 2.37. The number of ketones is 4. The molecule has 0 radical (unpaired) electrons. The van der Waals surface area contributed by atoms with E-state index in [1.54, 1.807) is 27.7 Å². The van der Waals surface area contributed by atoms with Gasteiger partial charge in [-0.15, -0.1) is 0 Å². The van der Waals surface area contributed by atoms with E-state index in [4.69, 9.17) is 0 Å².